The predicted octanol–water partition coefficient (Wildman–Crippen LogP) is -0.0539. The van der Waals surface area contributed by atoms with E-state index >= 15 is 0 Å². The molecule has 0 saturated heterocycles. The Balaban J connectivity index is 4.12. The zero-order valence-corrected chi connectivity index (χ0v) is 10.3. The zero-order chi connectivity index (χ0) is 11.4. The monoisotopic (exact) mass is 222 g/mol. The van der Waals surface area contributed by atoms with Gasteiger partial charge in [-0.05, 0) is 13.0 Å². The maximum absolute atomic E-state index is 11.0. The lowest BCUT2D eigenvalue weighted by Gasteiger charge is -2.29. The largest absolute Gasteiger partial charge is 0.329 e. The first kappa shape index (κ1) is 13.9. The molecule has 0 amide bonds. The number of nitrogens with two attached hydrogens (primary N) is 1. The van der Waals surface area contributed by atoms with Gasteiger partial charge in [-0.3, -0.25) is 0 Å². The van der Waals surface area contributed by atoms with Crippen LogP contribution in [0.25, 0.3) is 0 Å². The number of likely N-dealkylation sites (N-methyl/N-ethyl adjacent to an activating group) is 1. The average molecular weight is 222 g/mol. The van der Waals surface area contributed by atoms with Crippen LogP contribution in [-0.2, 0) is 9.84 Å². The van der Waals surface area contributed by atoms with Gasteiger partial charge in [0, 0.05) is 25.4 Å². The fourth-order valence-corrected chi connectivity index (χ4v) is 2.06. The SMILES string of the molecule is CC(C)C(CN)N(C)CCS(C)(=O)=O. The Hall–Kier alpha value is -0.130. The maximum Gasteiger partial charge on any atom is 0.148 e. The van der Waals surface area contributed by atoms with E-state index in [-0.39, 0.29) is 11.8 Å². The molecule has 0 aromatic rings. The summed E-state index contributed by atoms with van der Waals surface area (Å²) in [5.41, 5.74) is 5.62. The molecule has 0 aliphatic rings. The van der Waals surface area contributed by atoms with Crippen LogP contribution in [0, 0.1) is 5.92 Å². The molecule has 0 saturated carbocycles. The van der Waals surface area contributed by atoms with Crippen LogP contribution in [0.4, 0.5) is 0 Å². The van der Waals surface area contributed by atoms with Gasteiger partial charge >= 0.3 is 0 Å². The van der Waals surface area contributed by atoms with E-state index in [0.29, 0.717) is 19.0 Å². The van der Waals surface area contributed by atoms with E-state index in [1.54, 1.807) is 0 Å². The van der Waals surface area contributed by atoms with Gasteiger partial charge in [-0.1, -0.05) is 13.8 Å². The van der Waals surface area contributed by atoms with E-state index in [0.717, 1.165) is 0 Å². The molecule has 0 aromatic heterocycles. The first-order valence-electron chi connectivity index (χ1n) is 4.86. The van der Waals surface area contributed by atoms with Crippen molar-refractivity contribution in [3.63, 3.8) is 0 Å². The molecular weight excluding hydrogens is 200 g/mol. The van der Waals surface area contributed by atoms with Gasteiger partial charge in [-0.2, -0.15) is 0 Å². The third-order valence-corrected chi connectivity index (χ3v) is 3.32. The summed E-state index contributed by atoms with van der Waals surface area (Å²) in [5, 5.41) is 0. The normalized spacial score (nSPS) is 15.1. The number of sulfone groups is 1. The second kappa shape index (κ2) is 5.68. The Kier molecular flexibility index (Phi) is 5.63. The molecule has 1 unspecified atom stereocenters. The molecule has 0 heterocycles. The zero-order valence-electron chi connectivity index (χ0n) is 9.53. The van der Waals surface area contributed by atoms with Crippen molar-refractivity contribution in [2.24, 2.45) is 11.7 Å². The second-order valence-corrected chi connectivity index (χ2v) is 6.42. The van der Waals surface area contributed by atoms with Gasteiger partial charge in [0.1, 0.15) is 9.84 Å². The van der Waals surface area contributed by atoms with E-state index in [4.69, 9.17) is 5.73 Å². The van der Waals surface area contributed by atoms with Crippen molar-refractivity contribution in [3.05, 3.63) is 0 Å². The molecule has 0 fully saturated rings. The van der Waals surface area contributed by atoms with Crippen molar-refractivity contribution in [2.75, 3.05) is 32.1 Å². The standard InChI is InChI=1S/C9H22N2O2S/c1-8(2)9(7-10)11(3)5-6-14(4,12)13/h8-9H,5-7,10H2,1-4H3. The van der Waals surface area contributed by atoms with Crippen molar-refractivity contribution in [1.82, 2.24) is 4.90 Å². The van der Waals surface area contributed by atoms with E-state index < -0.39 is 9.84 Å². The lowest BCUT2D eigenvalue weighted by molar-refractivity contribution is 0.208. The van der Waals surface area contributed by atoms with E-state index in [1.165, 1.54) is 6.26 Å². The highest BCUT2D eigenvalue weighted by Crippen LogP contribution is 2.07. The molecule has 0 spiro atoms. The minimum atomic E-state index is -2.87. The first-order chi connectivity index (χ1) is 6.28. The van der Waals surface area contributed by atoms with Gasteiger partial charge in [-0.15, -0.1) is 0 Å². The summed E-state index contributed by atoms with van der Waals surface area (Å²) in [7, 11) is -0.950. The summed E-state index contributed by atoms with van der Waals surface area (Å²) in [6.45, 7) is 5.31. The minimum absolute atomic E-state index is 0.201. The fourth-order valence-electron chi connectivity index (χ4n) is 1.44. The summed E-state index contributed by atoms with van der Waals surface area (Å²) >= 11 is 0. The van der Waals surface area contributed by atoms with Crippen molar-refractivity contribution >= 4 is 9.84 Å². The molecule has 0 radical (unpaired) electrons. The highest BCUT2D eigenvalue weighted by molar-refractivity contribution is 7.90. The predicted molar refractivity (Wildman–Crippen MR) is 60.0 cm³/mol. The third kappa shape index (κ3) is 5.57. The van der Waals surface area contributed by atoms with Crippen molar-refractivity contribution in [1.29, 1.82) is 0 Å². The molecule has 86 valence electrons. The molecule has 2 N–H and O–H groups in total. The molecule has 5 heteroatoms. The van der Waals surface area contributed by atoms with Gasteiger partial charge in [0.2, 0.25) is 0 Å². The number of rotatable bonds is 6. The van der Waals surface area contributed by atoms with Crippen LogP contribution in [0.3, 0.4) is 0 Å². The highest BCUT2D eigenvalue weighted by Gasteiger charge is 2.17. The van der Waals surface area contributed by atoms with Gasteiger partial charge < -0.3 is 10.6 Å². The lowest BCUT2D eigenvalue weighted by atomic mass is 10.0. The Morgan fingerprint density at radius 3 is 2.14 bits per heavy atom. The van der Waals surface area contributed by atoms with Crippen LogP contribution in [0.1, 0.15) is 13.8 Å². The molecule has 0 aromatic carbocycles. The first-order valence-corrected chi connectivity index (χ1v) is 6.92. The molecule has 1 atom stereocenters. The van der Waals surface area contributed by atoms with Crippen LogP contribution < -0.4 is 5.73 Å². The maximum atomic E-state index is 11.0. The summed E-state index contributed by atoms with van der Waals surface area (Å²) in [6.07, 6.45) is 1.26. The van der Waals surface area contributed by atoms with Crippen molar-refractivity contribution in [2.45, 2.75) is 19.9 Å². The summed E-state index contributed by atoms with van der Waals surface area (Å²) in [5.74, 6) is 0.650. The lowest BCUT2D eigenvalue weighted by Crippen LogP contribution is -2.43. The highest BCUT2D eigenvalue weighted by atomic mass is 32.2. The molecular formula is C9H22N2O2S. The Labute approximate surface area is 87.4 Å². The summed E-state index contributed by atoms with van der Waals surface area (Å²) < 4.78 is 21.9. The van der Waals surface area contributed by atoms with E-state index in [9.17, 15) is 8.42 Å². The number of nitrogens with zero attached hydrogens (tertiary/aromatic N) is 1. The van der Waals surface area contributed by atoms with Gasteiger partial charge in [0.05, 0.1) is 5.75 Å². The van der Waals surface area contributed by atoms with Crippen LogP contribution in [0.2, 0.25) is 0 Å². The second-order valence-electron chi connectivity index (χ2n) is 4.16. The quantitative estimate of drug-likeness (QED) is 0.684. The Morgan fingerprint density at radius 2 is 1.86 bits per heavy atom. The summed E-state index contributed by atoms with van der Waals surface area (Å²) in [4.78, 5) is 2.02. The van der Waals surface area contributed by atoms with Gasteiger partial charge in [0.15, 0.2) is 0 Å². The smallest absolute Gasteiger partial charge is 0.148 e. The van der Waals surface area contributed by atoms with Gasteiger partial charge in [-0.25, -0.2) is 8.42 Å². The van der Waals surface area contributed by atoms with Crippen molar-refractivity contribution in [3.8, 4) is 0 Å². The minimum Gasteiger partial charge on any atom is -0.329 e. The van der Waals surface area contributed by atoms with E-state index in [2.05, 4.69) is 13.8 Å². The third-order valence-electron chi connectivity index (χ3n) is 2.39. The fraction of sp³-hybridized carbons (Fsp3) is 1.00. The molecule has 0 aliphatic carbocycles. The molecule has 0 rings (SSSR count). The molecule has 0 bridgehead atoms. The Bertz CT molecular complexity index is 250. The summed E-state index contributed by atoms with van der Waals surface area (Å²) in [6, 6.07) is 0.261. The number of hydrogen-bond donors (Lipinski definition) is 1. The van der Waals surface area contributed by atoms with Crippen LogP contribution >= 0.6 is 0 Å². The van der Waals surface area contributed by atoms with Crippen molar-refractivity contribution < 1.29 is 8.42 Å². The Morgan fingerprint density at radius 1 is 1.36 bits per heavy atom. The molecule has 4 nitrogen and oxygen atoms in total. The topological polar surface area (TPSA) is 63.4 Å². The molecule has 14 heavy (non-hydrogen) atoms. The van der Waals surface area contributed by atoms with Gasteiger partial charge in [0.25, 0.3) is 0 Å². The van der Waals surface area contributed by atoms with Crippen LogP contribution in [-0.4, -0.2) is 51.5 Å². The van der Waals surface area contributed by atoms with E-state index in [1.807, 2.05) is 11.9 Å². The average Bonchev–Trinajstić information content (AvgIpc) is 2.00. The van der Waals surface area contributed by atoms with Crippen LogP contribution in [0.15, 0.2) is 0 Å². The van der Waals surface area contributed by atoms with Crippen LogP contribution in [0.5, 0.6) is 0 Å². The number of hydrogen-bond acceptors (Lipinski definition) is 4. The molecule has 0 aliphatic heterocycles.